The lowest BCUT2D eigenvalue weighted by Gasteiger charge is -2.14. The first-order valence-electron chi connectivity index (χ1n) is 8.95. The highest BCUT2D eigenvalue weighted by atomic mass is 35.5. The number of ether oxygens (including phenoxy) is 2. The molecule has 2 rings (SSSR count). The van der Waals surface area contributed by atoms with Gasteiger partial charge in [-0.3, -0.25) is 4.79 Å². The molecule has 0 radical (unpaired) electrons. The Bertz CT molecular complexity index is 800. The minimum absolute atomic E-state index is 0.247. The van der Waals surface area contributed by atoms with Crippen molar-refractivity contribution in [3.8, 4) is 11.5 Å². The van der Waals surface area contributed by atoms with E-state index < -0.39 is 0 Å². The first-order chi connectivity index (χ1) is 12.9. The predicted octanol–water partition coefficient (Wildman–Crippen LogP) is 4.64. The summed E-state index contributed by atoms with van der Waals surface area (Å²) in [6.07, 6.45) is 5.72. The largest absolute Gasteiger partial charge is 0.493 e. The van der Waals surface area contributed by atoms with Crippen LogP contribution in [0, 0.1) is 5.92 Å². The molecule has 0 saturated heterocycles. The Morgan fingerprint density at radius 2 is 2.19 bits per heavy atom. The minimum Gasteiger partial charge on any atom is -0.493 e. The first kappa shape index (κ1) is 20.8. The number of aromatic nitrogens is 2. The highest BCUT2D eigenvalue weighted by Gasteiger charge is 2.12. The number of anilines is 1. The van der Waals surface area contributed by atoms with Crippen LogP contribution in [0.5, 0.6) is 11.5 Å². The second-order valence-corrected chi connectivity index (χ2v) is 6.91. The summed E-state index contributed by atoms with van der Waals surface area (Å²) in [5, 5.41) is 7.44. The maximum atomic E-state index is 12.2. The maximum absolute atomic E-state index is 12.2. The summed E-state index contributed by atoms with van der Waals surface area (Å²) in [4.78, 5) is 12.2. The molecule has 1 heterocycles. The molecule has 7 heteroatoms. The highest BCUT2D eigenvalue weighted by Crippen LogP contribution is 2.37. The van der Waals surface area contributed by atoms with E-state index in [1.54, 1.807) is 42.3 Å². The summed E-state index contributed by atoms with van der Waals surface area (Å²) in [5.41, 5.74) is 0.742. The van der Waals surface area contributed by atoms with Gasteiger partial charge in [-0.05, 0) is 36.1 Å². The smallest absolute Gasteiger partial charge is 0.249 e. The van der Waals surface area contributed by atoms with Crippen molar-refractivity contribution in [3.63, 3.8) is 0 Å². The van der Waals surface area contributed by atoms with Crippen LogP contribution in [0.25, 0.3) is 6.08 Å². The summed E-state index contributed by atoms with van der Waals surface area (Å²) < 4.78 is 12.9. The standard InChI is InChI=1S/C20H26ClN3O3/c1-5-10-24-18(8-9-22-24)23-19(25)7-6-15-11-16(21)20(17(12-15)26-4)27-13-14(2)3/h6-9,11-12,14H,5,10,13H2,1-4H3,(H,23,25)/b7-6+. The molecule has 6 nitrogen and oxygen atoms in total. The first-order valence-corrected chi connectivity index (χ1v) is 9.33. The van der Waals surface area contributed by atoms with Gasteiger partial charge in [0.05, 0.1) is 24.9 Å². The Morgan fingerprint density at radius 3 is 2.85 bits per heavy atom. The van der Waals surface area contributed by atoms with E-state index in [2.05, 4.69) is 31.2 Å². The summed E-state index contributed by atoms with van der Waals surface area (Å²) in [6.45, 7) is 7.46. The van der Waals surface area contributed by atoms with Crippen LogP contribution in [0.1, 0.15) is 32.8 Å². The molecule has 0 bridgehead atoms. The van der Waals surface area contributed by atoms with Crippen LogP contribution in [0.2, 0.25) is 5.02 Å². The van der Waals surface area contributed by atoms with Gasteiger partial charge in [0, 0.05) is 18.7 Å². The van der Waals surface area contributed by atoms with Gasteiger partial charge in [0.25, 0.3) is 0 Å². The number of methoxy groups -OCH3 is 1. The number of rotatable bonds is 9. The third-order valence-corrected chi connectivity index (χ3v) is 3.92. The number of carbonyl (C=O) groups excluding carboxylic acids is 1. The third-order valence-electron chi connectivity index (χ3n) is 3.64. The molecule has 2 aromatic rings. The molecule has 0 aliphatic heterocycles. The van der Waals surface area contributed by atoms with E-state index in [9.17, 15) is 4.79 Å². The second kappa shape index (κ2) is 10.0. The summed E-state index contributed by atoms with van der Waals surface area (Å²) >= 11 is 6.33. The Balaban J connectivity index is 2.10. The monoisotopic (exact) mass is 391 g/mol. The van der Waals surface area contributed by atoms with E-state index in [-0.39, 0.29) is 5.91 Å². The number of hydrogen-bond donors (Lipinski definition) is 1. The van der Waals surface area contributed by atoms with Crippen LogP contribution < -0.4 is 14.8 Å². The zero-order valence-electron chi connectivity index (χ0n) is 16.2. The lowest BCUT2D eigenvalue weighted by molar-refractivity contribution is -0.111. The maximum Gasteiger partial charge on any atom is 0.249 e. The molecular formula is C20H26ClN3O3. The van der Waals surface area contributed by atoms with Crippen molar-refractivity contribution in [1.82, 2.24) is 9.78 Å². The molecule has 0 aliphatic carbocycles. The van der Waals surface area contributed by atoms with Crippen LogP contribution in [-0.2, 0) is 11.3 Å². The molecule has 0 unspecified atom stereocenters. The van der Waals surface area contributed by atoms with Crippen LogP contribution in [-0.4, -0.2) is 29.4 Å². The van der Waals surface area contributed by atoms with E-state index in [1.165, 1.54) is 6.08 Å². The fourth-order valence-corrected chi connectivity index (χ4v) is 2.67. The molecule has 1 amide bonds. The lowest BCUT2D eigenvalue weighted by Crippen LogP contribution is -2.13. The van der Waals surface area contributed by atoms with E-state index >= 15 is 0 Å². The molecule has 0 aliphatic rings. The number of benzene rings is 1. The molecule has 146 valence electrons. The van der Waals surface area contributed by atoms with Gasteiger partial charge >= 0.3 is 0 Å². The fourth-order valence-electron chi connectivity index (χ4n) is 2.39. The molecule has 0 spiro atoms. The number of halogens is 1. The van der Waals surface area contributed by atoms with Gasteiger partial charge < -0.3 is 14.8 Å². The van der Waals surface area contributed by atoms with Gasteiger partial charge in [0.15, 0.2) is 11.5 Å². The fraction of sp³-hybridized carbons (Fsp3) is 0.400. The Morgan fingerprint density at radius 1 is 1.41 bits per heavy atom. The third kappa shape index (κ3) is 6.03. The van der Waals surface area contributed by atoms with Gasteiger partial charge in [-0.2, -0.15) is 5.10 Å². The Hall–Kier alpha value is -2.47. The zero-order valence-corrected chi connectivity index (χ0v) is 16.9. The molecule has 0 fully saturated rings. The average molecular weight is 392 g/mol. The van der Waals surface area contributed by atoms with Crippen molar-refractivity contribution in [2.75, 3.05) is 19.0 Å². The van der Waals surface area contributed by atoms with Gasteiger partial charge in [0.1, 0.15) is 5.82 Å². The summed E-state index contributed by atoms with van der Waals surface area (Å²) in [5.74, 6) is 1.83. The summed E-state index contributed by atoms with van der Waals surface area (Å²) in [7, 11) is 1.56. The SMILES string of the molecule is CCCn1nccc1NC(=O)/C=C/c1cc(Cl)c(OCC(C)C)c(OC)c1. The van der Waals surface area contributed by atoms with Crippen LogP contribution in [0.4, 0.5) is 5.82 Å². The Labute approximate surface area is 165 Å². The van der Waals surface area contributed by atoms with Crippen molar-refractivity contribution >= 4 is 29.4 Å². The number of hydrogen-bond acceptors (Lipinski definition) is 4. The van der Waals surface area contributed by atoms with E-state index in [0.717, 1.165) is 18.5 Å². The van der Waals surface area contributed by atoms with Gasteiger partial charge in [-0.15, -0.1) is 0 Å². The quantitative estimate of drug-likeness (QED) is 0.632. The minimum atomic E-state index is -0.247. The van der Waals surface area contributed by atoms with Gasteiger partial charge in [-0.1, -0.05) is 32.4 Å². The normalized spacial score (nSPS) is 11.2. The number of aryl methyl sites for hydroxylation is 1. The summed E-state index contributed by atoms with van der Waals surface area (Å²) in [6, 6.07) is 5.29. The van der Waals surface area contributed by atoms with Crippen LogP contribution in [0.15, 0.2) is 30.5 Å². The van der Waals surface area contributed by atoms with Crippen LogP contribution in [0.3, 0.4) is 0 Å². The number of nitrogens with zero attached hydrogens (tertiary/aromatic N) is 2. The predicted molar refractivity (Wildman–Crippen MR) is 109 cm³/mol. The molecule has 0 atom stereocenters. The van der Waals surface area contributed by atoms with E-state index in [1.807, 2.05) is 0 Å². The Kier molecular flexibility index (Phi) is 7.73. The lowest BCUT2D eigenvalue weighted by atomic mass is 10.1. The number of amides is 1. The molecule has 1 aromatic heterocycles. The van der Waals surface area contributed by atoms with E-state index in [0.29, 0.717) is 34.9 Å². The van der Waals surface area contributed by atoms with Gasteiger partial charge in [-0.25, -0.2) is 4.68 Å². The average Bonchev–Trinajstić information content (AvgIpc) is 3.05. The van der Waals surface area contributed by atoms with Crippen molar-refractivity contribution in [2.24, 2.45) is 5.92 Å². The van der Waals surface area contributed by atoms with Gasteiger partial charge in [0.2, 0.25) is 5.91 Å². The topological polar surface area (TPSA) is 65.4 Å². The van der Waals surface area contributed by atoms with Crippen LogP contribution >= 0.6 is 11.6 Å². The number of carbonyl (C=O) groups is 1. The molecule has 0 saturated carbocycles. The molecule has 27 heavy (non-hydrogen) atoms. The van der Waals surface area contributed by atoms with Crippen molar-refractivity contribution in [1.29, 1.82) is 0 Å². The zero-order chi connectivity index (χ0) is 19.8. The highest BCUT2D eigenvalue weighted by molar-refractivity contribution is 6.32. The molecule has 1 aromatic carbocycles. The van der Waals surface area contributed by atoms with Crippen molar-refractivity contribution in [2.45, 2.75) is 33.7 Å². The molecule has 1 N–H and O–H groups in total. The van der Waals surface area contributed by atoms with Crippen molar-refractivity contribution in [3.05, 3.63) is 41.1 Å². The number of nitrogens with one attached hydrogen (secondary N) is 1. The van der Waals surface area contributed by atoms with Crippen molar-refractivity contribution < 1.29 is 14.3 Å². The molecular weight excluding hydrogens is 366 g/mol. The van der Waals surface area contributed by atoms with E-state index in [4.69, 9.17) is 21.1 Å². The second-order valence-electron chi connectivity index (χ2n) is 6.50.